The van der Waals surface area contributed by atoms with Crippen molar-refractivity contribution in [1.82, 2.24) is 9.80 Å². The van der Waals surface area contributed by atoms with Gasteiger partial charge in [0.05, 0.1) is 12.5 Å². The van der Waals surface area contributed by atoms with Gasteiger partial charge >= 0.3 is 12.0 Å². The van der Waals surface area contributed by atoms with Crippen LogP contribution in [0.3, 0.4) is 0 Å². The molecule has 0 spiro atoms. The van der Waals surface area contributed by atoms with Crippen molar-refractivity contribution in [3.8, 4) is 11.5 Å². The largest absolute Gasteiger partial charge is 0.466 e. The number of rotatable bonds is 5. The number of carbonyl (C=O) groups excluding carboxylic acids is 3. The van der Waals surface area contributed by atoms with E-state index in [0.29, 0.717) is 44.3 Å². The number of esters is 1. The maximum absolute atomic E-state index is 12.8. The van der Waals surface area contributed by atoms with Crippen molar-refractivity contribution in [3.63, 3.8) is 0 Å². The summed E-state index contributed by atoms with van der Waals surface area (Å²) in [6.45, 7) is 4.21. The zero-order chi connectivity index (χ0) is 20.4. The van der Waals surface area contributed by atoms with Gasteiger partial charge in [-0.15, -0.1) is 0 Å². The Labute approximate surface area is 169 Å². The Hall–Kier alpha value is -2.97. The fourth-order valence-corrected chi connectivity index (χ4v) is 3.94. The quantitative estimate of drug-likeness (QED) is 0.692. The third-order valence-corrected chi connectivity index (χ3v) is 5.48. The van der Waals surface area contributed by atoms with E-state index in [-0.39, 0.29) is 37.2 Å². The number of carbonyl (C=O) groups is 3. The van der Waals surface area contributed by atoms with Gasteiger partial charge in [-0.1, -0.05) is 0 Å². The molecule has 9 nitrogen and oxygen atoms in total. The summed E-state index contributed by atoms with van der Waals surface area (Å²) in [6, 6.07) is 5.16. The third kappa shape index (κ3) is 3.94. The van der Waals surface area contributed by atoms with Crippen molar-refractivity contribution in [2.75, 3.05) is 51.0 Å². The zero-order valence-corrected chi connectivity index (χ0v) is 16.5. The van der Waals surface area contributed by atoms with Crippen molar-refractivity contribution >= 4 is 23.6 Å². The maximum atomic E-state index is 12.8. The molecule has 0 aliphatic carbocycles. The number of nitrogens with zero attached hydrogens (tertiary/aromatic N) is 3. The van der Waals surface area contributed by atoms with Gasteiger partial charge in [0.15, 0.2) is 11.5 Å². The molecule has 156 valence electrons. The smallest absolute Gasteiger partial charge is 0.325 e. The first-order valence-electron chi connectivity index (χ1n) is 9.97. The summed E-state index contributed by atoms with van der Waals surface area (Å²) in [6.07, 6.45) is 1.48. The van der Waals surface area contributed by atoms with Crippen LogP contribution in [-0.2, 0) is 14.3 Å². The molecular weight excluding hydrogens is 378 g/mol. The second-order valence-electron chi connectivity index (χ2n) is 7.32. The highest BCUT2D eigenvalue weighted by Gasteiger charge is 2.35. The standard InChI is InChI=1S/C20H25N3O6/c1-2-27-19(25)14-4-3-7-21(11-14)18(24)12-22-8-9-23(20(22)26)15-5-6-16-17(10-15)29-13-28-16/h5-6,10,14H,2-4,7-9,11-13H2,1H3. The molecule has 29 heavy (non-hydrogen) atoms. The van der Waals surface area contributed by atoms with Crippen LogP contribution in [-0.4, -0.2) is 73.8 Å². The monoisotopic (exact) mass is 403 g/mol. The molecule has 3 amide bonds. The lowest BCUT2D eigenvalue weighted by Crippen LogP contribution is -2.47. The van der Waals surface area contributed by atoms with E-state index in [4.69, 9.17) is 14.2 Å². The Balaban J connectivity index is 1.36. The second kappa shape index (κ2) is 8.18. The summed E-state index contributed by atoms with van der Waals surface area (Å²) in [5.74, 6) is 0.597. The van der Waals surface area contributed by atoms with Crippen LogP contribution in [0.5, 0.6) is 11.5 Å². The molecule has 3 heterocycles. The molecule has 3 aliphatic rings. The highest BCUT2D eigenvalue weighted by atomic mass is 16.7. The number of urea groups is 1. The third-order valence-electron chi connectivity index (χ3n) is 5.48. The minimum Gasteiger partial charge on any atom is -0.466 e. The van der Waals surface area contributed by atoms with Crippen LogP contribution in [0.1, 0.15) is 19.8 Å². The number of fused-ring (bicyclic) bond motifs is 1. The fraction of sp³-hybridized carbons (Fsp3) is 0.550. The van der Waals surface area contributed by atoms with Crippen LogP contribution < -0.4 is 14.4 Å². The molecule has 0 radical (unpaired) electrons. The molecule has 0 N–H and O–H groups in total. The number of benzene rings is 1. The number of hydrogen-bond acceptors (Lipinski definition) is 6. The second-order valence-corrected chi connectivity index (χ2v) is 7.32. The van der Waals surface area contributed by atoms with E-state index >= 15 is 0 Å². The molecule has 4 rings (SSSR count). The normalized spacial score (nSPS) is 20.9. The van der Waals surface area contributed by atoms with Gasteiger partial charge in [0.2, 0.25) is 12.7 Å². The Morgan fingerprint density at radius 2 is 2.00 bits per heavy atom. The minimum absolute atomic E-state index is 0.00936. The summed E-state index contributed by atoms with van der Waals surface area (Å²) in [5.41, 5.74) is 0.717. The zero-order valence-electron chi connectivity index (χ0n) is 16.5. The number of anilines is 1. The van der Waals surface area contributed by atoms with E-state index in [0.717, 1.165) is 18.5 Å². The summed E-state index contributed by atoms with van der Waals surface area (Å²) in [7, 11) is 0. The first kappa shape index (κ1) is 19.4. The van der Waals surface area contributed by atoms with Gasteiger partial charge in [0, 0.05) is 37.9 Å². The predicted octanol–water partition coefficient (Wildman–Crippen LogP) is 1.46. The van der Waals surface area contributed by atoms with Gasteiger partial charge in [-0.3, -0.25) is 14.5 Å². The molecule has 0 saturated carbocycles. The van der Waals surface area contributed by atoms with Crippen molar-refractivity contribution in [2.24, 2.45) is 5.92 Å². The topological polar surface area (TPSA) is 88.6 Å². The van der Waals surface area contributed by atoms with Crippen molar-refractivity contribution in [1.29, 1.82) is 0 Å². The molecule has 0 aromatic heterocycles. The Bertz CT molecular complexity index is 813. The number of amides is 3. The van der Waals surface area contributed by atoms with Gasteiger partial charge < -0.3 is 24.0 Å². The summed E-state index contributed by atoms with van der Waals surface area (Å²) < 4.78 is 15.8. The van der Waals surface area contributed by atoms with Crippen LogP contribution in [0.2, 0.25) is 0 Å². The lowest BCUT2D eigenvalue weighted by atomic mass is 9.98. The van der Waals surface area contributed by atoms with Crippen LogP contribution in [0.15, 0.2) is 18.2 Å². The lowest BCUT2D eigenvalue weighted by Gasteiger charge is -2.32. The van der Waals surface area contributed by atoms with Gasteiger partial charge in [0.1, 0.15) is 6.54 Å². The highest BCUT2D eigenvalue weighted by Crippen LogP contribution is 2.36. The number of likely N-dealkylation sites (tertiary alicyclic amines) is 1. The van der Waals surface area contributed by atoms with Crippen molar-refractivity contribution < 1.29 is 28.6 Å². The van der Waals surface area contributed by atoms with E-state index < -0.39 is 0 Å². The van der Waals surface area contributed by atoms with Crippen molar-refractivity contribution in [2.45, 2.75) is 19.8 Å². The van der Waals surface area contributed by atoms with Gasteiger partial charge in [-0.2, -0.15) is 0 Å². The molecule has 1 unspecified atom stereocenters. The summed E-state index contributed by atoms with van der Waals surface area (Å²) in [5, 5.41) is 0. The Morgan fingerprint density at radius 1 is 1.17 bits per heavy atom. The maximum Gasteiger partial charge on any atom is 0.325 e. The van der Waals surface area contributed by atoms with E-state index in [9.17, 15) is 14.4 Å². The van der Waals surface area contributed by atoms with Crippen LogP contribution >= 0.6 is 0 Å². The molecule has 9 heteroatoms. The highest BCUT2D eigenvalue weighted by molar-refractivity contribution is 5.96. The average molecular weight is 403 g/mol. The molecule has 0 bridgehead atoms. The first-order chi connectivity index (χ1) is 14.1. The van der Waals surface area contributed by atoms with E-state index in [1.165, 1.54) is 0 Å². The van der Waals surface area contributed by atoms with Gasteiger partial charge in [-0.25, -0.2) is 4.79 Å². The number of hydrogen-bond donors (Lipinski definition) is 0. The van der Waals surface area contributed by atoms with Crippen molar-refractivity contribution in [3.05, 3.63) is 18.2 Å². The fourth-order valence-electron chi connectivity index (χ4n) is 3.94. The Kier molecular flexibility index (Phi) is 5.46. The SMILES string of the molecule is CCOC(=O)C1CCCN(C(=O)CN2CCN(c3ccc4c(c3)OCO4)C2=O)C1. The number of piperidine rings is 1. The average Bonchev–Trinajstić information content (AvgIpc) is 3.34. The van der Waals surface area contributed by atoms with Gasteiger partial charge in [-0.05, 0) is 31.9 Å². The van der Waals surface area contributed by atoms with Gasteiger partial charge in [0.25, 0.3) is 0 Å². The molecule has 1 atom stereocenters. The van der Waals surface area contributed by atoms with Crippen LogP contribution in [0.25, 0.3) is 0 Å². The molecule has 2 fully saturated rings. The summed E-state index contributed by atoms with van der Waals surface area (Å²) in [4.78, 5) is 42.4. The van der Waals surface area contributed by atoms with E-state index in [2.05, 4.69) is 0 Å². The molecule has 2 saturated heterocycles. The Morgan fingerprint density at radius 3 is 2.83 bits per heavy atom. The van der Waals surface area contributed by atoms with Crippen LogP contribution in [0.4, 0.5) is 10.5 Å². The predicted molar refractivity (Wildman–Crippen MR) is 103 cm³/mol. The van der Waals surface area contributed by atoms with E-state index in [1.54, 1.807) is 33.8 Å². The molecule has 1 aromatic rings. The van der Waals surface area contributed by atoms with Crippen LogP contribution in [0, 0.1) is 5.92 Å². The first-order valence-corrected chi connectivity index (χ1v) is 9.97. The van der Waals surface area contributed by atoms with E-state index in [1.807, 2.05) is 6.07 Å². The minimum atomic E-state index is -0.285. The molecular formula is C20H25N3O6. The summed E-state index contributed by atoms with van der Waals surface area (Å²) >= 11 is 0. The molecule has 1 aromatic carbocycles. The molecule has 3 aliphatic heterocycles. The number of ether oxygens (including phenoxy) is 3. The lowest BCUT2D eigenvalue weighted by molar-refractivity contribution is -0.151.